The van der Waals surface area contributed by atoms with Crippen LogP contribution in [0.4, 0.5) is 0 Å². The van der Waals surface area contributed by atoms with Crippen molar-refractivity contribution < 1.29 is 20.1 Å². The molecular weight excluding hydrogens is 835 g/mol. The Hall–Kier alpha value is -1.17. The Kier molecular flexibility index (Phi) is 57.4. The largest absolute Gasteiger partial charge is 0.394 e. The number of unbranched alkanes of at least 4 members (excludes halogenated alkanes) is 46. The Bertz CT molecular complexity index is 1010. The first-order valence-corrected chi connectivity index (χ1v) is 31.1. The van der Waals surface area contributed by atoms with E-state index in [2.05, 4.69) is 43.5 Å². The van der Waals surface area contributed by atoms with Gasteiger partial charge in [0.25, 0.3) is 0 Å². The molecule has 0 bridgehead atoms. The van der Waals surface area contributed by atoms with Crippen LogP contribution in [0.3, 0.4) is 0 Å². The van der Waals surface area contributed by atoms with Gasteiger partial charge >= 0.3 is 0 Å². The van der Waals surface area contributed by atoms with Gasteiger partial charge in [0.2, 0.25) is 5.91 Å². The smallest absolute Gasteiger partial charge is 0.220 e. The molecule has 0 aromatic carbocycles. The molecule has 0 aliphatic heterocycles. The molecule has 4 N–H and O–H groups in total. The van der Waals surface area contributed by atoms with Crippen molar-refractivity contribution in [3.05, 3.63) is 24.3 Å². The van der Waals surface area contributed by atoms with Crippen LogP contribution in [0.25, 0.3) is 0 Å². The molecule has 1 amide bonds. The van der Waals surface area contributed by atoms with Crippen LogP contribution in [-0.4, -0.2) is 46.1 Å². The summed E-state index contributed by atoms with van der Waals surface area (Å²) in [6, 6.07) is -0.826. The molecule has 0 aromatic heterocycles. The van der Waals surface area contributed by atoms with Gasteiger partial charge in [-0.25, -0.2) is 0 Å². The molecule has 5 heteroatoms. The van der Waals surface area contributed by atoms with Gasteiger partial charge in [0.05, 0.1) is 18.8 Å². The van der Waals surface area contributed by atoms with Crippen LogP contribution in [-0.2, 0) is 4.79 Å². The summed E-state index contributed by atoms with van der Waals surface area (Å²) in [5.74, 6) is -0.148. The van der Waals surface area contributed by atoms with Crippen molar-refractivity contribution in [2.24, 2.45) is 0 Å². The zero-order valence-electron chi connectivity index (χ0n) is 46.3. The van der Waals surface area contributed by atoms with Gasteiger partial charge in [0, 0.05) is 6.42 Å². The van der Waals surface area contributed by atoms with Crippen molar-refractivity contribution in [3.8, 4) is 0 Å². The minimum Gasteiger partial charge on any atom is -0.394 e. The standard InChI is InChI=1S/C63H123NO4/c1-3-5-7-9-11-13-15-17-19-21-23-25-27-29-30-31-32-33-34-36-38-40-42-44-46-48-50-52-54-56-58-62(67)64-60(59-65)63(68)61(66)57-55-53-51-49-47-45-43-41-39-37-35-28-26-24-22-20-18-16-14-12-10-8-6-4-2/h29-30,49,51,60-61,63,65-66,68H,3-28,31-48,50,52-59H2,1-2H3,(H,64,67)/b30-29-,51-49+. The third kappa shape index (κ3) is 52.6. The second-order valence-electron chi connectivity index (χ2n) is 21.6. The van der Waals surface area contributed by atoms with Gasteiger partial charge in [-0.2, -0.15) is 0 Å². The molecule has 0 saturated heterocycles. The molecular formula is C63H123NO4. The van der Waals surface area contributed by atoms with Crippen molar-refractivity contribution in [2.75, 3.05) is 6.61 Å². The highest BCUT2D eigenvalue weighted by atomic mass is 16.3. The third-order valence-electron chi connectivity index (χ3n) is 14.8. The van der Waals surface area contributed by atoms with Crippen LogP contribution in [0.1, 0.15) is 348 Å². The first kappa shape index (κ1) is 66.8. The summed E-state index contributed by atoms with van der Waals surface area (Å²) >= 11 is 0. The lowest BCUT2D eigenvalue weighted by molar-refractivity contribution is -0.124. The number of carbonyl (C=O) groups excluding carboxylic acids is 1. The summed E-state index contributed by atoms with van der Waals surface area (Å²) in [5.41, 5.74) is 0. The fourth-order valence-electron chi connectivity index (χ4n) is 9.99. The number of aliphatic hydroxyl groups excluding tert-OH is 3. The summed E-state index contributed by atoms with van der Waals surface area (Å²) in [5, 5.41) is 33.8. The number of hydrogen-bond acceptors (Lipinski definition) is 4. The predicted molar refractivity (Wildman–Crippen MR) is 301 cm³/mol. The fraction of sp³-hybridized carbons (Fsp3) is 0.921. The second kappa shape index (κ2) is 58.4. The Morgan fingerprint density at radius 2 is 0.588 bits per heavy atom. The van der Waals surface area contributed by atoms with E-state index in [1.165, 1.54) is 283 Å². The molecule has 0 radical (unpaired) electrons. The lowest BCUT2D eigenvalue weighted by Gasteiger charge is -2.26. The highest BCUT2D eigenvalue weighted by Gasteiger charge is 2.26. The Balaban J connectivity index is 3.52. The van der Waals surface area contributed by atoms with Gasteiger partial charge in [0.15, 0.2) is 0 Å². The van der Waals surface area contributed by atoms with E-state index in [4.69, 9.17) is 0 Å². The predicted octanol–water partition coefficient (Wildman–Crippen LogP) is 19.6. The van der Waals surface area contributed by atoms with Gasteiger partial charge in [-0.1, -0.05) is 301 Å². The summed E-state index contributed by atoms with van der Waals surface area (Å²) < 4.78 is 0. The zero-order valence-corrected chi connectivity index (χ0v) is 46.3. The van der Waals surface area contributed by atoms with Crippen molar-refractivity contribution in [1.82, 2.24) is 5.32 Å². The van der Waals surface area contributed by atoms with E-state index in [0.29, 0.717) is 12.8 Å². The van der Waals surface area contributed by atoms with Gasteiger partial charge in [0.1, 0.15) is 6.10 Å². The van der Waals surface area contributed by atoms with Gasteiger partial charge in [-0.3, -0.25) is 4.79 Å². The Morgan fingerprint density at radius 3 is 0.853 bits per heavy atom. The first-order valence-electron chi connectivity index (χ1n) is 31.1. The van der Waals surface area contributed by atoms with E-state index in [0.717, 1.165) is 38.5 Å². The molecule has 0 aromatic rings. The van der Waals surface area contributed by atoms with E-state index < -0.39 is 18.2 Å². The Morgan fingerprint density at radius 1 is 0.353 bits per heavy atom. The lowest BCUT2D eigenvalue weighted by atomic mass is 10.0. The maximum absolute atomic E-state index is 12.5. The van der Waals surface area contributed by atoms with E-state index in [1.54, 1.807) is 0 Å². The Labute approximate surface area is 426 Å². The molecule has 3 atom stereocenters. The average molecular weight is 959 g/mol. The molecule has 0 aliphatic carbocycles. The summed E-state index contributed by atoms with van der Waals surface area (Å²) in [6.45, 7) is 4.22. The van der Waals surface area contributed by atoms with Crippen molar-refractivity contribution >= 4 is 5.91 Å². The van der Waals surface area contributed by atoms with Crippen LogP contribution >= 0.6 is 0 Å². The molecule has 68 heavy (non-hydrogen) atoms. The molecule has 5 nitrogen and oxygen atoms in total. The molecule has 404 valence electrons. The van der Waals surface area contributed by atoms with Gasteiger partial charge in [-0.05, 0) is 64.2 Å². The topological polar surface area (TPSA) is 89.8 Å². The number of amides is 1. The maximum atomic E-state index is 12.5. The highest BCUT2D eigenvalue weighted by Crippen LogP contribution is 2.18. The van der Waals surface area contributed by atoms with E-state index in [9.17, 15) is 20.1 Å². The van der Waals surface area contributed by atoms with Gasteiger partial charge in [-0.15, -0.1) is 0 Å². The molecule has 0 spiro atoms. The maximum Gasteiger partial charge on any atom is 0.220 e. The minimum absolute atomic E-state index is 0.148. The molecule has 3 unspecified atom stereocenters. The number of nitrogens with one attached hydrogen (secondary N) is 1. The number of carbonyl (C=O) groups is 1. The number of hydrogen-bond donors (Lipinski definition) is 4. The van der Waals surface area contributed by atoms with Crippen LogP contribution in [0.5, 0.6) is 0 Å². The number of aliphatic hydroxyl groups is 3. The summed E-state index contributed by atoms with van der Waals surface area (Å²) in [4.78, 5) is 12.5. The van der Waals surface area contributed by atoms with E-state index in [1.807, 2.05) is 0 Å². The van der Waals surface area contributed by atoms with Crippen molar-refractivity contribution in [1.29, 1.82) is 0 Å². The molecule has 0 rings (SSSR count). The van der Waals surface area contributed by atoms with E-state index >= 15 is 0 Å². The van der Waals surface area contributed by atoms with Crippen LogP contribution in [0, 0.1) is 0 Å². The number of rotatable bonds is 58. The van der Waals surface area contributed by atoms with Crippen LogP contribution in [0.15, 0.2) is 24.3 Å². The highest BCUT2D eigenvalue weighted by molar-refractivity contribution is 5.76. The fourth-order valence-corrected chi connectivity index (χ4v) is 9.99. The molecule has 0 heterocycles. The minimum atomic E-state index is -1.16. The number of allylic oxidation sites excluding steroid dienone is 4. The van der Waals surface area contributed by atoms with E-state index in [-0.39, 0.29) is 12.5 Å². The third-order valence-corrected chi connectivity index (χ3v) is 14.8. The van der Waals surface area contributed by atoms with Gasteiger partial charge < -0.3 is 20.6 Å². The second-order valence-corrected chi connectivity index (χ2v) is 21.6. The quantitative estimate of drug-likeness (QED) is 0.0361. The average Bonchev–Trinajstić information content (AvgIpc) is 3.34. The molecule has 0 aliphatic rings. The monoisotopic (exact) mass is 958 g/mol. The lowest BCUT2D eigenvalue weighted by Crippen LogP contribution is -2.50. The SMILES string of the molecule is CCCCCCCCCCCCCC/C=C\CCCCCCCCCCCCCCCCC(=O)NC(CO)C(O)C(O)CCC/C=C/CCCCCCCCCCCCCCCCCCCCC. The molecule has 0 saturated carbocycles. The van der Waals surface area contributed by atoms with Crippen molar-refractivity contribution in [3.63, 3.8) is 0 Å². The first-order chi connectivity index (χ1) is 33.6. The summed E-state index contributed by atoms with van der Waals surface area (Å²) in [6.07, 6.45) is 75.1. The molecule has 0 fully saturated rings. The zero-order chi connectivity index (χ0) is 49.3. The van der Waals surface area contributed by atoms with Crippen LogP contribution in [0.2, 0.25) is 0 Å². The van der Waals surface area contributed by atoms with Crippen LogP contribution < -0.4 is 5.32 Å². The normalized spacial score (nSPS) is 13.3. The summed E-state index contributed by atoms with van der Waals surface area (Å²) in [7, 11) is 0. The van der Waals surface area contributed by atoms with Crippen molar-refractivity contribution in [2.45, 2.75) is 366 Å².